The second-order valence-electron chi connectivity index (χ2n) is 5.53. The fourth-order valence-electron chi connectivity index (χ4n) is 3.12. The standard InChI is InChI=1S/C18H20N2O3/c1-19-14-8-6-5-7-13(14)18(21)20(2)17(19)12-9-10-15(22-3)16(11-12)23-4/h5-11,17H,1-4H3/t17-/m1/s1. The lowest BCUT2D eigenvalue weighted by Gasteiger charge is -2.42. The van der Waals surface area contributed by atoms with Crippen LogP contribution in [-0.4, -0.2) is 39.1 Å². The number of benzene rings is 2. The van der Waals surface area contributed by atoms with Gasteiger partial charge in [0, 0.05) is 14.1 Å². The van der Waals surface area contributed by atoms with Crippen molar-refractivity contribution in [2.75, 3.05) is 33.2 Å². The van der Waals surface area contributed by atoms with E-state index >= 15 is 0 Å². The number of methoxy groups -OCH3 is 2. The fraction of sp³-hybridized carbons (Fsp3) is 0.278. The van der Waals surface area contributed by atoms with Crippen molar-refractivity contribution < 1.29 is 14.3 Å². The van der Waals surface area contributed by atoms with Gasteiger partial charge in [-0.05, 0) is 29.8 Å². The highest BCUT2D eigenvalue weighted by Crippen LogP contribution is 2.39. The predicted octanol–water partition coefficient (Wildman–Crippen LogP) is 2.92. The Balaban J connectivity index is 2.08. The lowest BCUT2D eigenvalue weighted by Crippen LogP contribution is -2.45. The molecule has 0 aromatic heterocycles. The highest BCUT2D eigenvalue weighted by molar-refractivity contribution is 6.01. The first kappa shape index (κ1) is 15.2. The number of amides is 1. The number of para-hydroxylation sites is 1. The molecule has 2 aromatic carbocycles. The Bertz CT molecular complexity index is 745. The zero-order valence-corrected chi connectivity index (χ0v) is 13.7. The topological polar surface area (TPSA) is 42.0 Å². The second-order valence-corrected chi connectivity index (χ2v) is 5.53. The highest BCUT2D eigenvalue weighted by Gasteiger charge is 2.34. The van der Waals surface area contributed by atoms with E-state index in [0.29, 0.717) is 17.1 Å². The van der Waals surface area contributed by atoms with E-state index in [1.165, 1.54) is 0 Å². The van der Waals surface area contributed by atoms with Gasteiger partial charge in [0.15, 0.2) is 11.5 Å². The molecule has 2 aromatic rings. The largest absolute Gasteiger partial charge is 0.493 e. The number of hydrogen-bond donors (Lipinski definition) is 0. The Morgan fingerprint density at radius 2 is 1.61 bits per heavy atom. The zero-order valence-electron chi connectivity index (χ0n) is 13.7. The molecule has 0 saturated heterocycles. The third-order valence-electron chi connectivity index (χ3n) is 4.27. The average molecular weight is 312 g/mol. The van der Waals surface area contributed by atoms with E-state index in [0.717, 1.165) is 11.3 Å². The Kier molecular flexibility index (Phi) is 3.86. The zero-order chi connectivity index (χ0) is 16.6. The maximum Gasteiger partial charge on any atom is 0.257 e. The van der Waals surface area contributed by atoms with Crippen LogP contribution in [0.1, 0.15) is 22.1 Å². The number of ether oxygens (including phenoxy) is 2. The number of fused-ring (bicyclic) bond motifs is 1. The van der Waals surface area contributed by atoms with Crippen LogP contribution in [-0.2, 0) is 0 Å². The van der Waals surface area contributed by atoms with Crippen molar-refractivity contribution >= 4 is 11.6 Å². The first-order chi connectivity index (χ1) is 11.1. The molecule has 0 aliphatic carbocycles. The van der Waals surface area contributed by atoms with Crippen LogP contribution in [0.5, 0.6) is 11.5 Å². The van der Waals surface area contributed by atoms with E-state index in [-0.39, 0.29) is 12.1 Å². The maximum absolute atomic E-state index is 12.7. The summed E-state index contributed by atoms with van der Waals surface area (Å²) >= 11 is 0. The number of nitrogens with zero attached hydrogens (tertiary/aromatic N) is 2. The molecule has 0 radical (unpaired) electrons. The van der Waals surface area contributed by atoms with Gasteiger partial charge in [0.2, 0.25) is 0 Å². The maximum atomic E-state index is 12.7. The molecule has 1 aliphatic heterocycles. The molecule has 0 bridgehead atoms. The van der Waals surface area contributed by atoms with Crippen molar-refractivity contribution in [2.45, 2.75) is 6.17 Å². The number of rotatable bonds is 3. The minimum atomic E-state index is -0.197. The van der Waals surface area contributed by atoms with E-state index < -0.39 is 0 Å². The molecular weight excluding hydrogens is 292 g/mol. The second kappa shape index (κ2) is 5.83. The summed E-state index contributed by atoms with van der Waals surface area (Å²) < 4.78 is 10.7. The summed E-state index contributed by atoms with van der Waals surface area (Å²) in [5.74, 6) is 1.33. The predicted molar refractivity (Wildman–Crippen MR) is 89.2 cm³/mol. The molecule has 23 heavy (non-hydrogen) atoms. The van der Waals surface area contributed by atoms with Crippen LogP contribution in [0.2, 0.25) is 0 Å². The molecule has 120 valence electrons. The van der Waals surface area contributed by atoms with Crippen LogP contribution in [0.25, 0.3) is 0 Å². The number of hydrogen-bond acceptors (Lipinski definition) is 4. The molecule has 1 aliphatic rings. The summed E-state index contributed by atoms with van der Waals surface area (Å²) in [5, 5.41) is 0. The Morgan fingerprint density at radius 1 is 0.913 bits per heavy atom. The van der Waals surface area contributed by atoms with Gasteiger partial charge in [-0.2, -0.15) is 0 Å². The van der Waals surface area contributed by atoms with Gasteiger partial charge in [-0.25, -0.2) is 0 Å². The van der Waals surface area contributed by atoms with Crippen LogP contribution in [0.4, 0.5) is 5.69 Å². The number of anilines is 1. The van der Waals surface area contributed by atoms with Crippen molar-refractivity contribution in [1.82, 2.24) is 4.90 Å². The fourth-order valence-corrected chi connectivity index (χ4v) is 3.12. The van der Waals surface area contributed by atoms with Gasteiger partial charge in [0.1, 0.15) is 6.17 Å². The van der Waals surface area contributed by atoms with Crippen molar-refractivity contribution in [3.05, 3.63) is 53.6 Å². The summed E-state index contributed by atoms with van der Waals surface area (Å²) in [7, 11) is 7.02. The molecule has 0 spiro atoms. The minimum Gasteiger partial charge on any atom is -0.493 e. The van der Waals surface area contributed by atoms with Gasteiger partial charge in [-0.3, -0.25) is 4.79 Å². The lowest BCUT2D eigenvalue weighted by atomic mass is 10.0. The molecule has 3 rings (SSSR count). The highest BCUT2D eigenvalue weighted by atomic mass is 16.5. The van der Waals surface area contributed by atoms with Crippen LogP contribution >= 0.6 is 0 Å². The lowest BCUT2D eigenvalue weighted by molar-refractivity contribution is 0.0711. The van der Waals surface area contributed by atoms with Crippen LogP contribution in [0.15, 0.2) is 42.5 Å². The Morgan fingerprint density at radius 3 is 2.30 bits per heavy atom. The molecule has 0 saturated carbocycles. The summed E-state index contributed by atoms with van der Waals surface area (Å²) in [6, 6.07) is 13.4. The first-order valence-electron chi connectivity index (χ1n) is 7.39. The summed E-state index contributed by atoms with van der Waals surface area (Å²) in [6.45, 7) is 0. The summed E-state index contributed by atoms with van der Waals surface area (Å²) in [4.78, 5) is 16.5. The average Bonchev–Trinajstić information content (AvgIpc) is 2.59. The Hall–Kier alpha value is -2.69. The van der Waals surface area contributed by atoms with Gasteiger partial charge in [-0.1, -0.05) is 18.2 Å². The number of carbonyl (C=O) groups is 1. The van der Waals surface area contributed by atoms with Crippen molar-refractivity contribution in [2.24, 2.45) is 0 Å². The smallest absolute Gasteiger partial charge is 0.257 e. The van der Waals surface area contributed by atoms with Crippen molar-refractivity contribution in [1.29, 1.82) is 0 Å². The van der Waals surface area contributed by atoms with E-state index in [9.17, 15) is 4.79 Å². The molecule has 1 atom stereocenters. The molecule has 1 heterocycles. The monoisotopic (exact) mass is 312 g/mol. The van der Waals surface area contributed by atoms with Crippen molar-refractivity contribution in [3.8, 4) is 11.5 Å². The summed E-state index contributed by atoms with van der Waals surface area (Å²) in [6.07, 6.45) is -0.197. The van der Waals surface area contributed by atoms with Gasteiger partial charge in [-0.15, -0.1) is 0 Å². The van der Waals surface area contributed by atoms with Crippen LogP contribution in [0.3, 0.4) is 0 Å². The van der Waals surface area contributed by atoms with Crippen LogP contribution in [0, 0.1) is 0 Å². The molecular formula is C18H20N2O3. The SMILES string of the molecule is COc1ccc([C@H]2N(C)C(=O)c3ccccc3N2C)cc1OC. The van der Waals surface area contributed by atoms with Gasteiger partial charge in [0.25, 0.3) is 5.91 Å². The molecule has 0 fully saturated rings. The number of carbonyl (C=O) groups excluding carboxylic acids is 1. The molecule has 5 nitrogen and oxygen atoms in total. The van der Waals surface area contributed by atoms with E-state index in [1.807, 2.05) is 56.6 Å². The quantitative estimate of drug-likeness (QED) is 0.874. The van der Waals surface area contributed by atoms with Crippen molar-refractivity contribution in [3.63, 3.8) is 0 Å². The molecule has 1 amide bonds. The molecule has 5 heteroatoms. The summed E-state index contributed by atoms with van der Waals surface area (Å²) in [5.41, 5.74) is 2.61. The molecule has 0 unspecified atom stereocenters. The minimum absolute atomic E-state index is 0.0125. The van der Waals surface area contributed by atoms with Gasteiger partial charge in [0.05, 0.1) is 25.5 Å². The van der Waals surface area contributed by atoms with E-state index in [2.05, 4.69) is 4.90 Å². The van der Waals surface area contributed by atoms with Crippen LogP contribution < -0.4 is 14.4 Å². The van der Waals surface area contributed by atoms with E-state index in [4.69, 9.17) is 9.47 Å². The Labute approximate surface area is 136 Å². The van der Waals surface area contributed by atoms with Gasteiger partial charge < -0.3 is 19.3 Å². The molecule has 0 N–H and O–H groups in total. The first-order valence-corrected chi connectivity index (χ1v) is 7.39. The van der Waals surface area contributed by atoms with E-state index in [1.54, 1.807) is 19.1 Å². The normalized spacial score (nSPS) is 17.0. The third kappa shape index (κ3) is 2.38. The van der Waals surface area contributed by atoms with Gasteiger partial charge >= 0.3 is 0 Å². The third-order valence-corrected chi connectivity index (χ3v) is 4.27.